The normalized spacial score (nSPS) is 18.5. The van der Waals surface area contributed by atoms with E-state index in [1.165, 1.54) is 53.1 Å². The maximum Gasteiger partial charge on any atom is 0.306 e. The molecule has 25 nitrogen and oxygen atoms in total. The number of benzene rings is 1. The Morgan fingerprint density at radius 3 is 2.14 bits per heavy atom. The predicted octanol–water partition coefficient (Wildman–Crippen LogP) is 8.40. The zero-order valence-electron chi connectivity index (χ0n) is 49.0. The van der Waals surface area contributed by atoms with Crippen molar-refractivity contribution in [1.29, 1.82) is 0 Å². The SMILES string of the molecule is CNC(=O)C[C@@H]1NC(=O)c2csc(n2)-c2ccc(-c3nc(N(CCCCC(=O)O)C(=O)[C@@H]4CC[C@@H](C(=O)O)C4)cs3)nc2-c2csc(n2)-c2csc(n2)[C@H]([C@@H](O)c2ccccc2)NC(=O)CNC(=O)c2nc(sc2COC)C(C(C)C)NC(=O)c2nc1sc2C. The summed E-state index contributed by atoms with van der Waals surface area (Å²) in [4.78, 5) is 144. The fraction of sp³-hybridized carbons (Fsp3) is 0.373. The van der Waals surface area contributed by atoms with Gasteiger partial charge in [-0.05, 0) is 62.6 Å². The van der Waals surface area contributed by atoms with Crippen molar-refractivity contribution in [2.45, 2.75) is 96.6 Å². The lowest BCUT2D eigenvalue weighted by atomic mass is 10.0. The van der Waals surface area contributed by atoms with E-state index in [-0.39, 0.29) is 66.3 Å². The topological polar surface area (TPSA) is 360 Å². The number of carbonyl (C=O) groups excluding carboxylic acids is 6. The van der Waals surface area contributed by atoms with Crippen molar-refractivity contribution >= 4 is 121 Å². The predicted molar refractivity (Wildman–Crippen MR) is 339 cm³/mol. The Kier molecular flexibility index (Phi) is 20.7. The van der Waals surface area contributed by atoms with Gasteiger partial charge in [-0.3, -0.25) is 43.3 Å². The first-order valence-electron chi connectivity index (χ1n) is 28.5. The van der Waals surface area contributed by atoms with E-state index in [9.17, 15) is 53.7 Å². The fourth-order valence-corrected chi connectivity index (χ4v) is 15.8. The number of aryl methyl sites for hydroxylation is 1. The molecule has 470 valence electrons. The van der Waals surface area contributed by atoms with Crippen molar-refractivity contribution in [1.82, 2.24) is 61.5 Å². The van der Waals surface area contributed by atoms with Gasteiger partial charge in [0.05, 0.1) is 48.1 Å². The maximum atomic E-state index is 14.4. The number of fused-ring (bicyclic) bond motifs is 14. The van der Waals surface area contributed by atoms with Gasteiger partial charge in [-0.25, -0.2) is 34.9 Å². The Morgan fingerprint density at radius 2 is 1.41 bits per heavy atom. The van der Waals surface area contributed by atoms with E-state index >= 15 is 0 Å². The number of aliphatic hydroxyl groups is 1. The highest BCUT2D eigenvalue weighted by atomic mass is 32.1. The zero-order chi connectivity index (χ0) is 63.9. The summed E-state index contributed by atoms with van der Waals surface area (Å²) in [6.45, 7) is 5.05. The summed E-state index contributed by atoms with van der Waals surface area (Å²) >= 11 is 7.05. The molecule has 1 aliphatic carbocycles. The van der Waals surface area contributed by atoms with Crippen LogP contribution < -0.4 is 31.5 Å². The van der Waals surface area contributed by atoms with E-state index < -0.39 is 84.1 Å². The quantitative estimate of drug-likeness (QED) is 0.0421. The number of aliphatic carboxylic acids is 2. The van der Waals surface area contributed by atoms with E-state index in [4.69, 9.17) is 39.6 Å². The number of pyridine rings is 1. The molecule has 1 aromatic carbocycles. The molecule has 8 aromatic rings. The second kappa shape index (κ2) is 28.8. The number of unbranched alkanes of at least 4 members (excludes halogenated alkanes) is 1. The molecule has 1 aliphatic heterocycles. The van der Waals surface area contributed by atoms with Crippen LogP contribution in [0.2, 0.25) is 0 Å². The van der Waals surface area contributed by atoms with E-state index in [1.54, 1.807) is 70.9 Å². The standard InChI is InChI=1S/C59H61N13O12S6/c1-27(2)43-57-71-46(38(90-57)22-84-5)50(79)61-21-41(74)68-47(48(77)29-11-7-6-8-12-29)56-66-37(25-87-56)54-64-35(23-86-54)45-32(52-65-36(24-85-52)49(78)63-34(20-40(73)60-4)55-70-44(28(3)89-55)51(80)69-43)16-17-33(62-45)53-67-39(26-88-53)72(18-10-9-13-42(75)76)58(81)30-14-15-31(19-30)59(82)83/h6-8,11-12,16-17,23-27,30-31,34,43,47-48,77H,9-10,13-15,18-22H2,1-5H3,(H,60,73)(H,61,79)(H,63,78)(H,68,74)(H,69,80)(H,75,76)(H,82,83)/t30-,31-,34+,43?,47+,48+/m1/s1. The van der Waals surface area contributed by atoms with Crippen molar-refractivity contribution < 1.29 is 58.4 Å². The summed E-state index contributed by atoms with van der Waals surface area (Å²) in [5, 5.41) is 54.1. The number of methoxy groups -OCH3 is 1. The van der Waals surface area contributed by atoms with Crippen LogP contribution in [-0.4, -0.2) is 125 Å². The Morgan fingerprint density at radius 1 is 0.700 bits per heavy atom. The lowest BCUT2D eigenvalue weighted by Crippen LogP contribution is -2.40. The molecule has 2 aliphatic rings. The number of nitrogens with zero attached hydrogens (tertiary/aromatic N) is 8. The Balaban J connectivity index is 1.05. The summed E-state index contributed by atoms with van der Waals surface area (Å²) in [5.74, 6) is -6.42. The summed E-state index contributed by atoms with van der Waals surface area (Å²) in [6.07, 6.45) is -0.0998. The average molecular weight is 1340 g/mol. The highest BCUT2D eigenvalue weighted by Gasteiger charge is 2.38. The molecule has 0 spiro atoms. The minimum Gasteiger partial charge on any atom is -0.481 e. The molecule has 0 radical (unpaired) electrons. The second-order valence-electron chi connectivity index (χ2n) is 21.5. The van der Waals surface area contributed by atoms with Gasteiger partial charge < -0.3 is 46.6 Å². The number of carboxylic acids is 2. The molecule has 10 bridgehead atoms. The van der Waals surface area contributed by atoms with Gasteiger partial charge in [0, 0.05) is 65.0 Å². The maximum absolute atomic E-state index is 14.4. The number of ether oxygens (including phenoxy) is 1. The van der Waals surface area contributed by atoms with Crippen LogP contribution in [-0.2, 0) is 35.3 Å². The molecule has 1 fully saturated rings. The van der Waals surface area contributed by atoms with Gasteiger partial charge in [-0.15, -0.1) is 68.0 Å². The highest BCUT2D eigenvalue weighted by molar-refractivity contribution is 7.15. The van der Waals surface area contributed by atoms with Crippen LogP contribution in [0.4, 0.5) is 5.82 Å². The van der Waals surface area contributed by atoms with E-state index in [1.807, 2.05) is 13.8 Å². The van der Waals surface area contributed by atoms with Crippen molar-refractivity contribution in [3.63, 3.8) is 0 Å². The molecule has 90 heavy (non-hydrogen) atoms. The minimum atomic E-state index is -1.31. The first-order chi connectivity index (χ1) is 43.3. The van der Waals surface area contributed by atoms with E-state index in [2.05, 4.69) is 26.6 Å². The van der Waals surface area contributed by atoms with E-state index in [0.717, 1.165) is 34.0 Å². The zero-order valence-corrected chi connectivity index (χ0v) is 53.9. The number of amides is 6. The van der Waals surface area contributed by atoms with Crippen molar-refractivity contribution in [2.75, 3.05) is 32.1 Å². The second-order valence-corrected chi connectivity index (χ2v) is 27.3. The van der Waals surface area contributed by atoms with Gasteiger partial charge in [0.2, 0.25) is 17.7 Å². The van der Waals surface area contributed by atoms with Crippen LogP contribution >= 0.6 is 68.0 Å². The van der Waals surface area contributed by atoms with Gasteiger partial charge in [0.1, 0.15) is 82.2 Å². The van der Waals surface area contributed by atoms with Gasteiger partial charge in [-0.1, -0.05) is 44.2 Å². The van der Waals surface area contributed by atoms with Crippen LogP contribution in [0.1, 0.15) is 145 Å². The molecular formula is C59H61N13O12S6. The highest BCUT2D eigenvalue weighted by Crippen LogP contribution is 2.41. The van der Waals surface area contributed by atoms with Crippen LogP contribution in [0, 0.1) is 24.7 Å². The number of thiazole rings is 6. The monoisotopic (exact) mass is 1340 g/mol. The molecule has 10 rings (SSSR count). The molecule has 8 heterocycles. The Hall–Kier alpha value is -8.17. The molecule has 7 aromatic heterocycles. The molecule has 6 atom stereocenters. The number of nitrogens with one attached hydrogen (secondary N) is 5. The van der Waals surface area contributed by atoms with Gasteiger partial charge in [0.25, 0.3) is 17.7 Å². The van der Waals surface area contributed by atoms with Crippen molar-refractivity contribution in [2.24, 2.45) is 17.8 Å². The lowest BCUT2D eigenvalue weighted by molar-refractivity contribution is -0.141. The minimum absolute atomic E-state index is 0.00539. The summed E-state index contributed by atoms with van der Waals surface area (Å²) < 4.78 is 5.45. The fourth-order valence-electron chi connectivity index (χ4n) is 10.2. The average Bonchev–Trinajstić information content (AvgIpc) is 1.67. The van der Waals surface area contributed by atoms with Gasteiger partial charge in [0.15, 0.2) is 0 Å². The third-order valence-electron chi connectivity index (χ3n) is 14.9. The summed E-state index contributed by atoms with van der Waals surface area (Å²) in [5.41, 5.74) is 2.41. The molecule has 0 saturated heterocycles. The molecule has 1 saturated carbocycles. The van der Waals surface area contributed by atoms with Crippen LogP contribution in [0.25, 0.3) is 43.4 Å². The van der Waals surface area contributed by atoms with E-state index in [0.29, 0.717) is 100 Å². The van der Waals surface area contributed by atoms with Gasteiger partial charge in [-0.2, -0.15) is 0 Å². The number of rotatable bonds is 16. The Bertz CT molecular complexity index is 3990. The molecule has 1 unspecified atom stereocenters. The first-order valence-corrected chi connectivity index (χ1v) is 33.6. The number of hydrogen-bond acceptors (Lipinski definition) is 23. The Labute approximate surface area is 538 Å². The molecule has 6 amide bonds. The largest absolute Gasteiger partial charge is 0.481 e. The number of carbonyl (C=O) groups is 8. The first kappa shape index (κ1) is 64.8. The number of hydrogen-bond donors (Lipinski definition) is 8. The smallest absolute Gasteiger partial charge is 0.306 e. The van der Waals surface area contributed by atoms with Crippen LogP contribution in [0.15, 0.2) is 64.0 Å². The van der Waals surface area contributed by atoms with Crippen molar-refractivity contribution in [3.05, 3.63) is 111 Å². The molecule has 31 heteroatoms. The van der Waals surface area contributed by atoms with Crippen LogP contribution in [0.3, 0.4) is 0 Å². The summed E-state index contributed by atoms with van der Waals surface area (Å²) in [7, 11) is 2.92. The lowest BCUT2D eigenvalue weighted by Gasteiger charge is -2.23. The number of aliphatic hydroxyl groups excluding tert-OH is 1. The van der Waals surface area contributed by atoms with Gasteiger partial charge >= 0.3 is 11.9 Å². The number of carboxylic acid groups (broad SMARTS) is 2. The molecular weight excluding hydrogens is 1280 g/mol. The van der Waals surface area contributed by atoms with Crippen LogP contribution in [0.5, 0.6) is 0 Å². The molecule has 8 N–H and O–H groups in total. The summed E-state index contributed by atoms with van der Waals surface area (Å²) in [6, 6.07) is 9.31. The number of aromatic nitrogens is 7. The number of anilines is 1. The van der Waals surface area contributed by atoms with Crippen molar-refractivity contribution in [3.8, 4) is 43.4 Å². The third kappa shape index (κ3) is 14.8. The third-order valence-corrected chi connectivity index (χ3v) is 20.6.